The zero-order valence-corrected chi connectivity index (χ0v) is 18.7. The molecule has 3 fully saturated rings. The van der Waals surface area contributed by atoms with Gasteiger partial charge in [0.25, 0.3) is 0 Å². The fourth-order valence-electron chi connectivity index (χ4n) is 6.11. The highest BCUT2D eigenvalue weighted by atomic mass is 16.1. The van der Waals surface area contributed by atoms with Crippen molar-refractivity contribution in [3.63, 3.8) is 0 Å². The standard InChI is InChI=1S/C25H38N2O/c1-17-14-20(26-13-11-21(16-26)27-12-7-8-18(27)2)10-9-19(17)15-22(28)23-24(3,4)25(23,5)6/h9-10,14,18,21,23H,7-8,11-13,15-16H2,1-6H3. The molecule has 2 aliphatic heterocycles. The third-order valence-electron chi connectivity index (χ3n) is 8.64. The Labute approximate surface area is 171 Å². The Balaban J connectivity index is 1.41. The maximum Gasteiger partial charge on any atom is 0.141 e. The number of hydrogen-bond donors (Lipinski definition) is 0. The molecule has 2 atom stereocenters. The Morgan fingerprint density at radius 2 is 1.82 bits per heavy atom. The molecule has 1 aromatic rings. The van der Waals surface area contributed by atoms with Gasteiger partial charge >= 0.3 is 0 Å². The first-order chi connectivity index (χ1) is 13.1. The van der Waals surface area contributed by atoms with Crippen LogP contribution in [0.3, 0.4) is 0 Å². The highest BCUT2D eigenvalue weighted by Gasteiger charge is 2.67. The van der Waals surface area contributed by atoms with Crippen LogP contribution in [0.25, 0.3) is 0 Å². The molecule has 0 aromatic heterocycles. The molecule has 3 nitrogen and oxygen atoms in total. The number of carbonyl (C=O) groups excluding carboxylic acids is 1. The van der Waals surface area contributed by atoms with E-state index in [0.29, 0.717) is 18.2 Å². The van der Waals surface area contributed by atoms with E-state index in [0.717, 1.165) is 19.1 Å². The Morgan fingerprint density at radius 3 is 2.39 bits per heavy atom. The number of likely N-dealkylation sites (tertiary alicyclic amines) is 1. The van der Waals surface area contributed by atoms with Crippen LogP contribution < -0.4 is 4.90 Å². The first kappa shape index (κ1) is 19.9. The Bertz CT molecular complexity index is 752. The lowest BCUT2D eigenvalue weighted by Crippen LogP contribution is -2.39. The van der Waals surface area contributed by atoms with Gasteiger partial charge < -0.3 is 4.90 Å². The third kappa shape index (κ3) is 3.20. The summed E-state index contributed by atoms with van der Waals surface area (Å²) in [5.74, 6) is 0.607. The van der Waals surface area contributed by atoms with Crippen molar-refractivity contribution in [3.05, 3.63) is 29.3 Å². The van der Waals surface area contributed by atoms with E-state index in [1.807, 2.05) is 0 Å². The average molecular weight is 383 g/mol. The third-order valence-corrected chi connectivity index (χ3v) is 8.64. The molecule has 0 radical (unpaired) electrons. The number of benzene rings is 1. The maximum absolute atomic E-state index is 12.9. The second-order valence-corrected chi connectivity index (χ2v) is 10.7. The topological polar surface area (TPSA) is 23.6 Å². The molecule has 1 saturated carbocycles. The Morgan fingerprint density at radius 1 is 1.11 bits per heavy atom. The second-order valence-electron chi connectivity index (χ2n) is 10.7. The van der Waals surface area contributed by atoms with Gasteiger partial charge in [0.2, 0.25) is 0 Å². The molecule has 0 N–H and O–H groups in total. The summed E-state index contributed by atoms with van der Waals surface area (Å²) in [5.41, 5.74) is 4.07. The van der Waals surface area contributed by atoms with Gasteiger partial charge in [-0.25, -0.2) is 0 Å². The molecular weight excluding hydrogens is 344 g/mol. The first-order valence-electron chi connectivity index (χ1n) is 11.3. The first-order valence-corrected chi connectivity index (χ1v) is 11.3. The number of ketones is 1. The van der Waals surface area contributed by atoms with Crippen LogP contribution in [-0.4, -0.2) is 42.4 Å². The molecule has 0 amide bonds. The number of nitrogens with zero attached hydrogens (tertiary/aromatic N) is 2. The van der Waals surface area contributed by atoms with Crippen LogP contribution in [-0.2, 0) is 11.2 Å². The SMILES string of the molecule is Cc1cc(N2CCC(N3CCCC3C)C2)ccc1CC(=O)C1C(C)(C)C1(C)C. The van der Waals surface area contributed by atoms with Gasteiger partial charge in [0.15, 0.2) is 0 Å². The summed E-state index contributed by atoms with van der Waals surface area (Å²) in [6.07, 6.45) is 4.56. The largest absolute Gasteiger partial charge is 0.370 e. The summed E-state index contributed by atoms with van der Waals surface area (Å²) in [5, 5.41) is 0. The van der Waals surface area contributed by atoms with Crippen molar-refractivity contribution in [2.75, 3.05) is 24.5 Å². The minimum atomic E-state index is 0.134. The zero-order valence-electron chi connectivity index (χ0n) is 18.7. The fourth-order valence-corrected chi connectivity index (χ4v) is 6.11. The summed E-state index contributed by atoms with van der Waals surface area (Å²) < 4.78 is 0. The molecule has 0 bridgehead atoms. The van der Waals surface area contributed by atoms with Gasteiger partial charge in [-0.3, -0.25) is 9.69 Å². The van der Waals surface area contributed by atoms with E-state index in [9.17, 15) is 4.79 Å². The average Bonchev–Trinajstić information content (AvgIpc) is 3.08. The van der Waals surface area contributed by atoms with E-state index in [4.69, 9.17) is 0 Å². The van der Waals surface area contributed by atoms with Crippen molar-refractivity contribution in [2.45, 2.75) is 79.3 Å². The van der Waals surface area contributed by atoms with Gasteiger partial charge in [0, 0.05) is 43.2 Å². The molecule has 2 saturated heterocycles. The van der Waals surface area contributed by atoms with Crippen LogP contribution in [0.5, 0.6) is 0 Å². The van der Waals surface area contributed by atoms with Crippen molar-refractivity contribution < 1.29 is 4.79 Å². The molecule has 1 aliphatic carbocycles. The molecule has 4 rings (SSSR count). The fraction of sp³-hybridized carbons (Fsp3) is 0.720. The molecule has 154 valence electrons. The lowest BCUT2D eigenvalue weighted by molar-refractivity contribution is -0.120. The number of hydrogen-bond acceptors (Lipinski definition) is 3. The number of aryl methyl sites for hydroxylation is 1. The molecule has 0 spiro atoms. The van der Waals surface area contributed by atoms with Crippen molar-refractivity contribution in [1.82, 2.24) is 4.90 Å². The summed E-state index contributed by atoms with van der Waals surface area (Å²) in [6, 6.07) is 8.21. The van der Waals surface area contributed by atoms with Gasteiger partial charge in [0.05, 0.1) is 0 Å². The Hall–Kier alpha value is -1.35. The minimum Gasteiger partial charge on any atom is -0.370 e. The van der Waals surface area contributed by atoms with Gasteiger partial charge in [-0.2, -0.15) is 0 Å². The predicted molar refractivity (Wildman–Crippen MR) is 117 cm³/mol. The highest BCUT2D eigenvalue weighted by Crippen LogP contribution is 2.68. The zero-order chi connectivity index (χ0) is 20.3. The number of rotatable bonds is 5. The predicted octanol–water partition coefficient (Wildman–Crippen LogP) is 4.85. The van der Waals surface area contributed by atoms with Crippen molar-refractivity contribution in [3.8, 4) is 0 Å². The lowest BCUT2D eigenvalue weighted by Gasteiger charge is -2.28. The van der Waals surface area contributed by atoms with Gasteiger partial charge in [-0.15, -0.1) is 0 Å². The molecule has 2 heterocycles. The number of carbonyl (C=O) groups is 1. The molecule has 2 unspecified atom stereocenters. The minimum absolute atomic E-state index is 0.134. The number of Topliss-reactive ketones (excluding diaryl/α,β-unsaturated/α-hetero) is 1. The molecule has 3 heteroatoms. The van der Waals surface area contributed by atoms with Crippen molar-refractivity contribution in [2.24, 2.45) is 16.7 Å². The van der Waals surface area contributed by atoms with Gasteiger partial charge in [-0.1, -0.05) is 33.8 Å². The summed E-state index contributed by atoms with van der Waals surface area (Å²) in [7, 11) is 0. The van der Waals surface area contributed by atoms with Gasteiger partial charge in [0.1, 0.15) is 5.78 Å². The Kier molecular flexibility index (Phi) is 4.89. The van der Waals surface area contributed by atoms with E-state index in [1.165, 1.54) is 42.6 Å². The number of anilines is 1. The van der Waals surface area contributed by atoms with Gasteiger partial charge in [-0.05, 0) is 73.7 Å². The van der Waals surface area contributed by atoms with E-state index in [2.05, 4.69) is 69.5 Å². The van der Waals surface area contributed by atoms with Crippen molar-refractivity contribution >= 4 is 11.5 Å². The quantitative estimate of drug-likeness (QED) is 0.727. The van der Waals surface area contributed by atoms with E-state index in [1.54, 1.807) is 0 Å². The molecular formula is C25H38N2O. The highest BCUT2D eigenvalue weighted by molar-refractivity contribution is 5.88. The van der Waals surface area contributed by atoms with E-state index < -0.39 is 0 Å². The molecule has 1 aromatic carbocycles. The van der Waals surface area contributed by atoms with Crippen LogP contribution in [0.2, 0.25) is 0 Å². The molecule has 28 heavy (non-hydrogen) atoms. The molecule has 3 aliphatic rings. The van der Waals surface area contributed by atoms with E-state index >= 15 is 0 Å². The van der Waals surface area contributed by atoms with Crippen LogP contribution in [0, 0.1) is 23.7 Å². The summed E-state index contributed by atoms with van der Waals surface area (Å²) in [4.78, 5) is 18.2. The maximum atomic E-state index is 12.9. The van der Waals surface area contributed by atoms with E-state index in [-0.39, 0.29) is 16.7 Å². The monoisotopic (exact) mass is 382 g/mol. The van der Waals surface area contributed by atoms with Crippen molar-refractivity contribution in [1.29, 1.82) is 0 Å². The smallest absolute Gasteiger partial charge is 0.141 e. The summed E-state index contributed by atoms with van der Waals surface area (Å²) >= 11 is 0. The second kappa shape index (κ2) is 6.86. The van der Waals surface area contributed by atoms with Crippen LogP contribution in [0.15, 0.2) is 18.2 Å². The summed E-state index contributed by atoms with van der Waals surface area (Å²) in [6.45, 7) is 17.1. The van der Waals surface area contributed by atoms with Crippen LogP contribution >= 0.6 is 0 Å². The lowest BCUT2D eigenvalue weighted by atomic mass is 9.97. The van der Waals surface area contributed by atoms with Crippen LogP contribution in [0.1, 0.15) is 65.0 Å². The van der Waals surface area contributed by atoms with Crippen LogP contribution in [0.4, 0.5) is 5.69 Å². The normalized spacial score (nSPS) is 29.4.